The van der Waals surface area contributed by atoms with Crippen LogP contribution in [0.1, 0.15) is 5.56 Å². The minimum atomic E-state index is 0.0672. The fourth-order valence-electron chi connectivity index (χ4n) is 1.45. The third-order valence-electron chi connectivity index (χ3n) is 2.17. The summed E-state index contributed by atoms with van der Waals surface area (Å²) in [5.74, 6) is 0.0672. The molecule has 2 aromatic rings. The Morgan fingerprint density at radius 3 is 2.80 bits per heavy atom. The highest BCUT2D eigenvalue weighted by Gasteiger charge is 2.07. The summed E-state index contributed by atoms with van der Waals surface area (Å²) in [5, 5.41) is 9.30. The van der Waals surface area contributed by atoms with Gasteiger partial charge >= 0.3 is 0 Å². The molecule has 15 heavy (non-hydrogen) atoms. The quantitative estimate of drug-likeness (QED) is 0.460. The normalized spacial score (nSPS) is 10.5. The summed E-state index contributed by atoms with van der Waals surface area (Å²) in [6.45, 7) is 0. The minimum Gasteiger partial charge on any atom is -0.384 e. The van der Waals surface area contributed by atoms with E-state index in [4.69, 9.17) is 11.1 Å². The van der Waals surface area contributed by atoms with Crippen molar-refractivity contribution < 1.29 is 0 Å². The fourth-order valence-corrected chi connectivity index (χ4v) is 2.03. The lowest BCUT2D eigenvalue weighted by molar-refractivity contribution is 1.16. The van der Waals surface area contributed by atoms with E-state index in [9.17, 15) is 0 Å². The molecule has 1 aromatic heterocycles. The highest BCUT2D eigenvalue weighted by Crippen LogP contribution is 2.22. The smallest absolute Gasteiger partial charge is 0.125 e. The van der Waals surface area contributed by atoms with Crippen LogP contribution in [0.15, 0.2) is 35.4 Å². The van der Waals surface area contributed by atoms with E-state index in [2.05, 4.69) is 4.98 Å². The van der Waals surface area contributed by atoms with Gasteiger partial charge in [-0.2, -0.15) is 0 Å². The standard InChI is InChI=1S/C11H11N3S/c1-15-11-8(10(12)13)6-7-4-2-3-5-9(7)14-11/h2-6H,1H3,(H3,12,13). The number of nitrogens with zero attached hydrogens (tertiary/aromatic N) is 1. The van der Waals surface area contributed by atoms with Crippen LogP contribution in [0, 0.1) is 5.41 Å². The van der Waals surface area contributed by atoms with Crippen molar-refractivity contribution in [1.82, 2.24) is 4.98 Å². The number of nitrogen functional groups attached to an aromatic ring is 1. The number of para-hydroxylation sites is 1. The SMILES string of the molecule is CSc1nc2ccccc2cc1C(=N)N. The first-order valence-corrected chi connectivity index (χ1v) is 5.73. The number of pyridine rings is 1. The Balaban J connectivity index is 2.74. The summed E-state index contributed by atoms with van der Waals surface area (Å²) in [5.41, 5.74) is 7.16. The van der Waals surface area contributed by atoms with Crippen molar-refractivity contribution in [3.63, 3.8) is 0 Å². The lowest BCUT2D eigenvalue weighted by atomic mass is 10.1. The summed E-state index contributed by atoms with van der Waals surface area (Å²) in [6, 6.07) is 9.74. The Hall–Kier alpha value is -1.55. The molecule has 0 aliphatic carbocycles. The van der Waals surface area contributed by atoms with E-state index in [1.807, 2.05) is 36.6 Å². The lowest BCUT2D eigenvalue weighted by Gasteiger charge is -2.06. The van der Waals surface area contributed by atoms with E-state index >= 15 is 0 Å². The number of hydrogen-bond acceptors (Lipinski definition) is 3. The van der Waals surface area contributed by atoms with Crippen LogP contribution in [0.25, 0.3) is 10.9 Å². The van der Waals surface area contributed by atoms with Gasteiger partial charge in [-0.15, -0.1) is 11.8 Å². The molecule has 1 aromatic carbocycles. The van der Waals surface area contributed by atoms with E-state index in [-0.39, 0.29) is 5.84 Å². The zero-order valence-corrected chi connectivity index (χ0v) is 9.14. The lowest BCUT2D eigenvalue weighted by Crippen LogP contribution is -2.13. The molecule has 76 valence electrons. The van der Waals surface area contributed by atoms with Crippen molar-refractivity contribution in [3.8, 4) is 0 Å². The first kappa shape index (κ1) is 9.98. The number of fused-ring (bicyclic) bond motifs is 1. The molecule has 0 radical (unpaired) electrons. The van der Waals surface area contributed by atoms with Gasteiger partial charge in [0, 0.05) is 10.9 Å². The van der Waals surface area contributed by atoms with Gasteiger partial charge in [0.05, 0.1) is 5.52 Å². The third-order valence-corrected chi connectivity index (χ3v) is 2.87. The maximum absolute atomic E-state index is 7.48. The molecule has 2 rings (SSSR count). The third kappa shape index (κ3) is 1.80. The number of aromatic nitrogens is 1. The van der Waals surface area contributed by atoms with Crippen LogP contribution in [-0.2, 0) is 0 Å². The molecule has 0 aliphatic heterocycles. The van der Waals surface area contributed by atoms with Crippen molar-refractivity contribution in [3.05, 3.63) is 35.9 Å². The summed E-state index contributed by atoms with van der Waals surface area (Å²) in [6.07, 6.45) is 1.93. The molecule has 3 nitrogen and oxygen atoms in total. The molecule has 4 heteroatoms. The number of hydrogen-bond donors (Lipinski definition) is 2. The summed E-state index contributed by atoms with van der Waals surface area (Å²) >= 11 is 1.51. The van der Waals surface area contributed by atoms with Crippen LogP contribution >= 0.6 is 11.8 Å². The second kappa shape index (κ2) is 3.90. The van der Waals surface area contributed by atoms with Crippen molar-refractivity contribution >= 4 is 28.5 Å². The van der Waals surface area contributed by atoms with Crippen molar-refractivity contribution in [2.75, 3.05) is 6.26 Å². The Bertz CT molecular complexity index is 522. The highest BCUT2D eigenvalue weighted by molar-refractivity contribution is 7.98. The van der Waals surface area contributed by atoms with Crippen LogP contribution in [0.2, 0.25) is 0 Å². The first-order valence-electron chi connectivity index (χ1n) is 4.50. The molecule has 0 amide bonds. The van der Waals surface area contributed by atoms with Gasteiger partial charge in [0.25, 0.3) is 0 Å². The van der Waals surface area contributed by atoms with E-state index in [1.165, 1.54) is 11.8 Å². The molecular formula is C11H11N3S. The molecule has 0 aliphatic rings. The minimum absolute atomic E-state index is 0.0672. The number of benzene rings is 1. The van der Waals surface area contributed by atoms with Gasteiger partial charge in [0.2, 0.25) is 0 Å². The maximum atomic E-state index is 7.48. The van der Waals surface area contributed by atoms with Crippen LogP contribution in [0.3, 0.4) is 0 Å². The molecule has 0 spiro atoms. The Labute approximate surface area is 92.2 Å². The van der Waals surface area contributed by atoms with E-state index < -0.39 is 0 Å². The fraction of sp³-hybridized carbons (Fsp3) is 0.0909. The van der Waals surface area contributed by atoms with Gasteiger partial charge in [-0.1, -0.05) is 18.2 Å². The van der Waals surface area contributed by atoms with Gasteiger partial charge in [-0.25, -0.2) is 4.98 Å². The molecule has 0 fully saturated rings. The highest BCUT2D eigenvalue weighted by atomic mass is 32.2. The van der Waals surface area contributed by atoms with Gasteiger partial charge in [0.1, 0.15) is 10.9 Å². The van der Waals surface area contributed by atoms with Crippen molar-refractivity contribution in [1.29, 1.82) is 5.41 Å². The zero-order valence-electron chi connectivity index (χ0n) is 8.32. The summed E-state index contributed by atoms with van der Waals surface area (Å²) in [7, 11) is 0. The summed E-state index contributed by atoms with van der Waals surface area (Å²) in [4.78, 5) is 4.46. The molecule has 0 bridgehead atoms. The molecule has 0 unspecified atom stereocenters. The number of rotatable bonds is 2. The molecule has 0 saturated heterocycles. The number of nitrogens with two attached hydrogens (primary N) is 1. The Morgan fingerprint density at radius 2 is 2.13 bits per heavy atom. The molecule has 0 saturated carbocycles. The number of amidine groups is 1. The van der Waals surface area contributed by atoms with E-state index in [0.717, 1.165) is 15.9 Å². The predicted molar refractivity (Wildman–Crippen MR) is 64.5 cm³/mol. The number of nitrogens with one attached hydrogen (secondary N) is 1. The number of thioether (sulfide) groups is 1. The van der Waals surface area contributed by atoms with Gasteiger partial charge in [-0.3, -0.25) is 5.41 Å². The molecular weight excluding hydrogens is 206 g/mol. The predicted octanol–water partition coefficient (Wildman–Crippen LogP) is 2.24. The second-order valence-electron chi connectivity index (χ2n) is 3.15. The molecule has 0 atom stereocenters. The van der Waals surface area contributed by atoms with Crippen molar-refractivity contribution in [2.45, 2.75) is 5.03 Å². The first-order chi connectivity index (χ1) is 7.22. The van der Waals surface area contributed by atoms with Crippen LogP contribution in [-0.4, -0.2) is 17.1 Å². The maximum Gasteiger partial charge on any atom is 0.125 e. The monoisotopic (exact) mass is 217 g/mol. The Morgan fingerprint density at radius 1 is 1.40 bits per heavy atom. The average molecular weight is 217 g/mol. The topological polar surface area (TPSA) is 62.8 Å². The largest absolute Gasteiger partial charge is 0.384 e. The van der Waals surface area contributed by atoms with Gasteiger partial charge in [0.15, 0.2) is 0 Å². The second-order valence-corrected chi connectivity index (χ2v) is 3.95. The summed E-state index contributed by atoms with van der Waals surface area (Å²) < 4.78 is 0. The average Bonchev–Trinajstić information content (AvgIpc) is 2.27. The van der Waals surface area contributed by atoms with Gasteiger partial charge in [-0.05, 0) is 18.4 Å². The van der Waals surface area contributed by atoms with Crippen LogP contribution in [0.5, 0.6) is 0 Å². The molecule has 1 heterocycles. The van der Waals surface area contributed by atoms with Crippen LogP contribution < -0.4 is 5.73 Å². The van der Waals surface area contributed by atoms with Crippen molar-refractivity contribution in [2.24, 2.45) is 5.73 Å². The zero-order chi connectivity index (χ0) is 10.8. The Kier molecular flexibility index (Phi) is 2.60. The van der Waals surface area contributed by atoms with E-state index in [0.29, 0.717) is 5.56 Å². The van der Waals surface area contributed by atoms with Crippen LogP contribution in [0.4, 0.5) is 0 Å². The van der Waals surface area contributed by atoms with Gasteiger partial charge < -0.3 is 5.73 Å². The molecule has 3 N–H and O–H groups in total. The van der Waals surface area contributed by atoms with E-state index in [1.54, 1.807) is 0 Å².